The van der Waals surface area contributed by atoms with Gasteiger partial charge in [0.1, 0.15) is 4.47 Å². The Balaban J connectivity index is 2.37. The van der Waals surface area contributed by atoms with Crippen molar-refractivity contribution in [1.82, 2.24) is 9.66 Å². The Bertz CT molecular complexity index is 658. The third-order valence-corrected chi connectivity index (χ3v) is 2.58. The average molecular weight is 294 g/mol. The standard InChI is InChI=1S/C11H8BrN3O2/c12-9-7-15(11(17)14-10(9)16)13-6-8-4-2-1-3-5-8/h1-7H,(H,14,16,17)/b13-6+. The summed E-state index contributed by atoms with van der Waals surface area (Å²) in [4.78, 5) is 24.6. The van der Waals surface area contributed by atoms with Gasteiger partial charge in [-0.25, -0.2) is 4.79 Å². The highest BCUT2D eigenvalue weighted by Crippen LogP contribution is 1.98. The highest BCUT2D eigenvalue weighted by molar-refractivity contribution is 9.10. The van der Waals surface area contributed by atoms with Crippen molar-refractivity contribution in [3.63, 3.8) is 0 Å². The van der Waals surface area contributed by atoms with Gasteiger partial charge in [-0.2, -0.15) is 9.78 Å². The molecule has 1 N–H and O–H groups in total. The predicted octanol–water partition coefficient (Wildman–Crippen LogP) is 1.18. The first kappa shape index (κ1) is 11.5. The molecule has 0 saturated carbocycles. The van der Waals surface area contributed by atoms with Crippen molar-refractivity contribution >= 4 is 22.1 Å². The van der Waals surface area contributed by atoms with Crippen molar-refractivity contribution in [2.45, 2.75) is 0 Å². The molecule has 1 aromatic carbocycles. The second-order valence-corrected chi connectivity index (χ2v) is 4.09. The molecule has 6 heteroatoms. The lowest BCUT2D eigenvalue weighted by atomic mass is 10.2. The number of H-pyrrole nitrogens is 1. The van der Waals surface area contributed by atoms with E-state index in [0.29, 0.717) is 0 Å². The molecule has 0 aliphatic carbocycles. The molecule has 0 aliphatic rings. The van der Waals surface area contributed by atoms with Crippen LogP contribution in [0.5, 0.6) is 0 Å². The van der Waals surface area contributed by atoms with E-state index in [4.69, 9.17) is 0 Å². The first-order valence-electron chi connectivity index (χ1n) is 4.78. The minimum absolute atomic E-state index is 0.252. The van der Waals surface area contributed by atoms with E-state index < -0.39 is 11.2 Å². The number of rotatable bonds is 2. The van der Waals surface area contributed by atoms with E-state index in [0.717, 1.165) is 10.2 Å². The summed E-state index contributed by atoms with van der Waals surface area (Å²) in [6.07, 6.45) is 2.85. The van der Waals surface area contributed by atoms with Gasteiger partial charge in [-0.3, -0.25) is 9.78 Å². The maximum atomic E-state index is 11.4. The number of aromatic amines is 1. The summed E-state index contributed by atoms with van der Waals surface area (Å²) in [7, 11) is 0. The molecule has 1 aromatic heterocycles. The van der Waals surface area contributed by atoms with Crippen LogP contribution in [-0.2, 0) is 0 Å². The number of benzene rings is 1. The van der Waals surface area contributed by atoms with Crippen LogP contribution in [0.15, 0.2) is 55.7 Å². The first-order chi connectivity index (χ1) is 8.16. The Morgan fingerprint density at radius 1 is 1.24 bits per heavy atom. The summed E-state index contributed by atoms with van der Waals surface area (Å²) in [5.74, 6) is 0. The average Bonchev–Trinajstić information content (AvgIpc) is 2.33. The number of hydrogen-bond acceptors (Lipinski definition) is 3. The van der Waals surface area contributed by atoms with Gasteiger partial charge in [-0.05, 0) is 21.5 Å². The Morgan fingerprint density at radius 2 is 1.94 bits per heavy atom. The van der Waals surface area contributed by atoms with Gasteiger partial charge in [0, 0.05) is 0 Å². The van der Waals surface area contributed by atoms with Crippen LogP contribution in [0, 0.1) is 0 Å². The fraction of sp³-hybridized carbons (Fsp3) is 0. The van der Waals surface area contributed by atoms with Gasteiger partial charge in [0.25, 0.3) is 5.56 Å². The van der Waals surface area contributed by atoms with Crippen molar-refractivity contribution in [1.29, 1.82) is 0 Å². The fourth-order valence-electron chi connectivity index (χ4n) is 1.19. The largest absolute Gasteiger partial charge is 0.349 e. The van der Waals surface area contributed by atoms with Crippen LogP contribution in [0.2, 0.25) is 0 Å². The van der Waals surface area contributed by atoms with Crippen LogP contribution in [-0.4, -0.2) is 15.9 Å². The zero-order valence-electron chi connectivity index (χ0n) is 8.63. The maximum Gasteiger partial charge on any atom is 0.349 e. The smallest absolute Gasteiger partial charge is 0.271 e. The first-order valence-corrected chi connectivity index (χ1v) is 5.57. The van der Waals surface area contributed by atoms with Crippen LogP contribution >= 0.6 is 15.9 Å². The normalized spacial score (nSPS) is 10.9. The molecular weight excluding hydrogens is 286 g/mol. The van der Waals surface area contributed by atoms with E-state index in [1.54, 1.807) is 0 Å². The molecule has 1 heterocycles. The SMILES string of the molecule is O=c1[nH]c(=O)n(/N=C/c2ccccc2)cc1Br. The maximum absolute atomic E-state index is 11.4. The monoisotopic (exact) mass is 293 g/mol. The summed E-state index contributed by atoms with van der Waals surface area (Å²) in [5.41, 5.74) is -0.187. The van der Waals surface area contributed by atoms with Gasteiger partial charge >= 0.3 is 5.69 Å². The third kappa shape index (κ3) is 2.79. The summed E-state index contributed by atoms with van der Waals surface area (Å²) in [6.45, 7) is 0. The van der Waals surface area contributed by atoms with E-state index in [1.807, 2.05) is 30.3 Å². The van der Waals surface area contributed by atoms with Crippen LogP contribution in [0.1, 0.15) is 5.56 Å². The van der Waals surface area contributed by atoms with Crippen molar-refractivity contribution in [3.05, 3.63) is 67.4 Å². The zero-order valence-corrected chi connectivity index (χ0v) is 10.2. The number of halogens is 1. The quantitative estimate of drug-likeness (QED) is 0.845. The molecule has 2 aromatic rings. The van der Waals surface area contributed by atoms with Crippen molar-refractivity contribution in [3.8, 4) is 0 Å². The lowest BCUT2D eigenvalue weighted by molar-refractivity contribution is 0.772. The lowest BCUT2D eigenvalue weighted by Crippen LogP contribution is -2.27. The third-order valence-electron chi connectivity index (χ3n) is 2.01. The minimum atomic E-state index is -0.578. The summed E-state index contributed by atoms with van der Waals surface area (Å²) >= 11 is 3.03. The van der Waals surface area contributed by atoms with Crippen molar-refractivity contribution in [2.24, 2.45) is 5.10 Å². The van der Waals surface area contributed by atoms with Crippen molar-refractivity contribution in [2.75, 3.05) is 0 Å². The molecule has 86 valence electrons. The number of aromatic nitrogens is 2. The predicted molar refractivity (Wildman–Crippen MR) is 68.5 cm³/mol. The Labute approximate surface area is 105 Å². The number of hydrogen-bond donors (Lipinski definition) is 1. The molecule has 0 amide bonds. The summed E-state index contributed by atoms with van der Waals surface area (Å²) in [6, 6.07) is 9.34. The molecular formula is C11H8BrN3O2. The molecule has 0 atom stereocenters. The number of nitrogens with one attached hydrogen (secondary N) is 1. The fourth-order valence-corrected chi connectivity index (χ4v) is 1.49. The van der Waals surface area contributed by atoms with E-state index in [9.17, 15) is 9.59 Å². The molecule has 0 radical (unpaired) electrons. The van der Waals surface area contributed by atoms with Gasteiger partial charge < -0.3 is 0 Å². The molecule has 0 spiro atoms. The molecule has 0 unspecified atom stereocenters. The molecule has 0 saturated heterocycles. The van der Waals surface area contributed by atoms with E-state index in [1.165, 1.54) is 12.4 Å². The Hall–Kier alpha value is -1.95. The molecule has 5 nitrogen and oxygen atoms in total. The Morgan fingerprint density at radius 3 is 2.65 bits per heavy atom. The Kier molecular flexibility index (Phi) is 3.34. The minimum Gasteiger partial charge on any atom is -0.271 e. The van der Waals surface area contributed by atoms with Crippen LogP contribution < -0.4 is 11.2 Å². The van der Waals surface area contributed by atoms with Gasteiger partial charge in [0.05, 0.1) is 12.4 Å². The van der Waals surface area contributed by atoms with Gasteiger partial charge in [0.15, 0.2) is 0 Å². The highest BCUT2D eigenvalue weighted by atomic mass is 79.9. The van der Waals surface area contributed by atoms with Crippen LogP contribution in [0.4, 0.5) is 0 Å². The zero-order chi connectivity index (χ0) is 12.3. The molecule has 0 fully saturated rings. The summed E-state index contributed by atoms with van der Waals surface area (Å²) in [5, 5.41) is 3.96. The summed E-state index contributed by atoms with van der Waals surface area (Å²) < 4.78 is 1.31. The second-order valence-electron chi connectivity index (χ2n) is 3.24. The molecule has 0 bridgehead atoms. The second kappa shape index (κ2) is 4.92. The van der Waals surface area contributed by atoms with Gasteiger partial charge in [-0.15, -0.1) is 0 Å². The van der Waals surface area contributed by atoms with Crippen LogP contribution in [0.25, 0.3) is 0 Å². The lowest BCUT2D eigenvalue weighted by Gasteiger charge is -1.97. The van der Waals surface area contributed by atoms with E-state index in [2.05, 4.69) is 26.0 Å². The van der Waals surface area contributed by atoms with Gasteiger partial charge in [0.2, 0.25) is 0 Å². The highest BCUT2D eigenvalue weighted by Gasteiger charge is 1.99. The molecule has 0 aliphatic heterocycles. The number of nitrogens with zero attached hydrogens (tertiary/aromatic N) is 2. The van der Waals surface area contributed by atoms with Crippen LogP contribution in [0.3, 0.4) is 0 Å². The van der Waals surface area contributed by atoms with Gasteiger partial charge in [-0.1, -0.05) is 30.3 Å². The van der Waals surface area contributed by atoms with E-state index >= 15 is 0 Å². The van der Waals surface area contributed by atoms with Crippen molar-refractivity contribution < 1.29 is 0 Å². The topological polar surface area (TPSA) is 67.2 Å². The molecule has 2 rings (SSSR count). The molecule has 17 heavy (non-hydrogen) atoms. The van der Waals surface area contributed by atoms with E-state index in [-0.39, 0.29) is 4.47 Å².